The minimum Gasteiger partial charge on any atom is -0.492 e. The number of anilines is 3. The summed E-state index contributed by atoms with van der Waals surface area (Å²) in [4.78, 5) is 28.0. The van der Waals surface area contributed by atoms with Crippen LogP contribution in [0.25, 0.3) is 11.3 Å². The van der Waals surface area contributed by atoms with E-state index in [9.17, 15) is 4.79 Å². The summed E-state index contributed by atoms with van der Waals surface area (Å²) in [6, 6.07) is 9.16. The molecule has 0 aliphatic carbocycles. The van der Waals surface area contributed by atoms with Crippen LogP contribution in [0.4, 0.5) is 17.2 Å². The average molecular weight is 445 g/mol. The van der Waals surface area contributed by atoms with Crippen molar-refractivity contribution in [3.8, 4) is 17.0 Å². The third-order valence-electron chi connectivity index (χ3n) is 5.08. The van der Waals surface area contributed by atoms with E-state index in [1.165, 1.54) is 6.20 Å². The lowest BCUT2D eigenvalue weighted by Crippen LogP contribution is -2.36. The number of aromatic nitrogens is 3. The number of ether oxygens (including phenoxy) is 2. The summed E-state index contributed by atoms with van der Waals surface area (Å²) in [6.07, 6.45) is 4.83. The fourth-order valence-corrected chi connectivity index (χ4v) is 3.40. The van der Waals surface area contributed by atoms with E-state index in [0.717, 1.165) is 24.3 Å². The van der Waals surface area contributed by atoms with Gasteiger partial charge >= 0.3 is 0 Å². The van der Waals surface area contributed by atoms with Gasteiger partial charge < -0.3 is 30.7 Å². The summed E-state index contributed by atoms with van der Waals surface area (Å²) in [6.45, 7) is 3.70. The van der Waals surface area contributed by atoms with E-state index in [4.69, 9.17) is 23.2 Å². The van der Waals surface area contributed by atoms with Crippen LogP contribution in [-0.2, 0) is 4.74 Å². The molecule has 3 aromatic rings. The molecule has 3 heterocycles. The first-order chi connectivity index (χ1) is 16.2. The number of carbonyl (C=O) groups excluding carboxylic acids is 1. The van der Waals surface area contributed by atoms with E-state index in [-0.39, 0.29) is 11.5 Å². The molecule has 0 unspecified atom stereocenters. The van der Waals surface area contributed by atoms with Gasteiger partial charge in [-0.1, -0.05) is 0 Å². The molecular weight excluding hydrogens is 421 g/mol. The molecule has 1 fully saturated rings. The number of carbonyl (C=O) groups is 1. The Hall–Kier alpha value is -3.70. The van der Waals surface area contributed by atoms with Crippen molar-refractivity contribution in [3.63, 3.8) is 0 Å². The maximum absolute atomic E-state index is 13.1. The van der Waals surface area contributed by atoms with Gasteiger partial charge in [0.25, 0.3) is 5.91 Å². The van der Waals surface area contributed by atoms with E-state index in [1.807, 2.05) is 30.3 Å². The number of amides is 1. The summed E-state index contributed by atoms with van der Waals surface area (Å²) in [5.74, 6) is 0.281. The summed E-state index contributed by atoms with van der Waals surface area (Å²) < 4.78 is 11.0. The smallest absolute Gasteiger partial charge is 0.278 e. The van der Waals surface area contributed by atoms with Gasteiger partial charge in [0.15, 0.2) is 19.5 Å². The summed E-state index contributed by atoms with van der Waals surface area (Å²) in [5, 5.41) is 5.41. The third-order valence-corrected chi connectivity index (χ3v) is 5.08. The highest BCUT2D eigenvalue weighted by molar-refractivity contribution is 6.07. The highest BCUT2D eigenvalue weighted by Gasteiger charge is 2.19. The number of pyridine rings is 1. The number of hydrogen-bond donors (Lipinski definition) is 3. The van der Waals surface area contributed by atoms with Crippen LogP contribution in [0.3, 0.4) is 0 Å². The van der Waals surface area contributed by atoms with Crippen molar-refractivity contribution in [2.24, 2.45) is 0 Å². The van der Waals surface area contributed by atoms with Crippen LogP contribution in [0.2, 0.25) is 0 Å². The van der Waals surface area contributed by atoms with Crippen LogP contribution in [0.5, 0.6) is 5.75 Å². The molecule has 4 rings (SSSR count). The largest absolute Gasteiger partial charge is 0.492 e. The van der Waals surface area contributed by atoms with Gasteiger partial charge in [-0.3, -0.25) is 9.78 Å². The Balaban J connectivity index is 1.52. The quantitative estimate of drug-likeness (QED) is 0.347. The van der Waals surface area contributed by atoms with Crippen LogP contribution in [0.1, 0.15) is 10.5 Å². The van der Waals surface area contributed by atoms with Crippen molar-refractivity contribution in [2.75, 3.05) is 55.4 Å². The molecule has 0 spiro atoms. The second kappa shape index (κ2) is 10.8. The zero-order valence-electron chi connectivity index (χ0n) is 18.0. The molecule has 1 aliphatic rings. The monoisotopic (exact) mass is 445 g/mol. The van der Waals surface area contributed by atoms with Crippen LogP contribution in [0, 0.1) is 0 Å². The molecule has 168 valence electrons. The van der Waals surface area contributed by atoms with Gasteiger partial charge in [0, 0.05) is 31.4 Å². The summed E-state index contributed by atoms with van der Waals surface area (Å²) in [5.41, 5.74) is 8.75. The maximum atomic E-state index is 13.1. The van der Waals surface area contributed by atoms with Crippen LogP contribution < -0.4 is 25.9 Å². The molecule has 1 amide bonds. The standard InChI is InChI=1S/C22H24BN7O3/c23-27-7-10-33-16-3-1-15(2-4-16)17-14-26-21(24)20(28-17)22(31)29-18-13-25-6-5-19(18)30-8-11-32-12-9-30/h1-6,13-14,27H,7-12H2,(H2,24,26)(H,29,31). The lowest BCUT2D eigenvalue weighted by Gasteiger charge is -2.30. The number of nitrogen functional groups attached to an aromatic ring is 1. The molecule has 2 aromatic heterocycles. The zero-order valence-corrected chi connectivity index (χ0v) is 18.0. The number of nitrogens with zero attached hydrogens (tertiary/aromatic N) is 4. The first-order valence-electron chi connectivity index (χ1n) is 10.5. The van der Waals surface area contributed by atoms with E-state index >= 15 is 0 Å². The number of rotatable bonds is 8. The molecule has 33 heavy (non-hydrogen) atoms. The molecule has 0 atom stereocenters. The third kappa shape index (κ3) is 5.57. The zero-order chi connectivity index (χ0) is 23.0. The number of hydrogen-bond acceptors (Lipinski definition) is 9. The normalized spacial score (nSPS) is 13.5. The van der Waals surface area contributed by atoms with Gasteiger partial charge in [-0.15, -0.1) is 0 Å². The first-order valence-corrected chi connectivity index (χ1v) is 10.5. The topological polar surface area (TPSA) is 128 Å². The second-order valence-electron chi connectivity index (χ2n) is 7.26. The Morgan fingerprint density at radius 3 is 2.73 bits per heavy atom. The lowest BCUT2D eigenvalue weighted by atomic mass is 10.1. The maximum Gasteiger partial charge on any atom is 0.278 e. The van der Waals surface area contributed by atoms with Gasteiger partial charge in [-0.05, 0) is 30.3 Å². The molecule has 1 aromatic carbocycles. The molecule has 0 saturated carbocycles. The fraction of sp³-hybridized carbons (Fsp3) is 0.273. The SMILES string of the molecule is [B]NCCOc1ccc(-c2cnc(N)c(C(=O)Nc3cnccc3N3CCOCC3)n2)cc1. The summed E-state index contributed by atoms with van der Waals surface area (Å²) >= 11 is 0. The van der Waals surface area contributed by atoms with Gasteiger partial charge in [0.05, 0.1) is 49.3 Å². The van der Waals surface area contributed by atoms with Gasteiger partial charge in [0.2, 0.25) is 0 Å². The first kappa shape index (κ1) is 22.5. The Labute approximate surface area is 193 Å². The van der Waals surface area contributed by atoms with Crippen LogP contribution in [0.15, 0.2) is 48.9 Å². The lowest BCUT2D eigenvalue weighted by molar-refractivity contribution is 0.102. The predicted molar refractivity (Wildman–Crippen MR) is 126 cm³/mol. The molecule has 1 aliphatic heterocycles. The van der Waals surface area contributed by atoms with Crippen LogP contribution >= 0.6 is 0 Å². The second-order valence-corrected chi connectivity index (χ2v) is 7.26. The van der Waals surface area contributed by atoms with Crippen molar-refractivity contribution >= 4 is 31.1 Å². The van der Waals surface area contributed by atoms with E-state index in [0.29, 0.717) is 43.5 Å². The number of morpholine rings is 1. The minimum atomic E-state index is -0.460. The molecule has 1 saturated heterocycles. The minimum absolute atomic E-state index is 0.0404. The summed E-state index contributed by atoms with van der Waals surface area (Å²) in [7, 11) is 5.24. The number of benzene rings is 1. The van der Waals surface area contributed by atoms with E-state index in [1.54, 1.807) is 12.4 Å². The van der Waals surface area contributed by atoms with Crippen molar-refractivity contribution in [3.05, 3.63) is 54.6 Å². The molecule has 4 N–H and O–H groups in total. The Bertz CT molecular complexity index is 1090. The molecule has 10 nitrogen and oxygen atoms in total. The van der Waals surface area contributed by atoms with E-state index in [2.05, 4.69) is 30.4 Å². The fourth-order valence-electron chi connectivity index (χ4n) is 3.40. The number of nitrogens with one attached hydrogen (secondary N) is 2. The Kier molecular flexibility index (Phi) is 7.33. The van der Waals surface area contributed by atoms with Crippen molar-refractivity contribution in [2.45, 2.75) is 0 Å². The molecule has 2 radical (unpaired) electrons. The van der Waals surface area contributed by atoms with Crippen molar-refractivity contribution in [1.29, 1.82) is 0 Å². The predicted octanol–water partition coefficient (Wildman–Crippen LogP) is 1.26. The Morgan fingerprint density at radius 2 is 1.97 bits per heavy atom. The highest BCUT2D eigenvalue weighted by atomic mass is 16.5. The molecule has 0 bridgehead atoms. The Morgan fingerprint density at radius 1 is 1.18 bits per heavy atom. The molecular formula is C22H24BN7O3. The average Bonchev–Trinajstić information content (AvgIpc) is 2.86. The van der Waals surface area contributed by atoms with Gasteiger partial charge in [-0.25, -0.2) is 9.97 Å². The number of nitrogens with two attached hydrogens (primary N) is 1. The van der Waals surface area contributed by atoms with Crippen molar-refractivity contribution < 1.29 is 14.3 Å². The van der Waals surface area contributed by atoms with E-state index < -0.39 is 5.91 Å². The van der Waals surface area contributed by atoms with Crippen LogP contribution in [-0.4, -0.2) is 68.3 Å². The van der Waals surface area contributed by atoms with Gasteiger partial charge in [0.1, 0.15) is 5.75 Å². The molecule has 11 heteroatoms. The van der Waals surface area contributed by atoms with Crippen molar-refractivity contribution in [1.82, 2.24) is 20.2 Å². The highest BCUT2D eigenvalue weighted by Crippen LogP contribution is 2.27. The van der Waals surface area contributed by atoms with Gasteiger partial charge in [-0.2, -0.15) is 0 Å².